The van der Waals surface area contributed by atoms with Crippen molar-refractivity contribution in [1.29, 1.82) is 0 Å². The first-order chi connectivity index (χ1) is 12.0. The third-order valence-corrected chi connectivity index (χ3v) is 3.84. The van der Waals surface area contributed by atoms with Crippen molar-refractivity contribution in [2.45, 2.75) is 64.9 Å². The summed E-state index contributed by atoms with van der Waals surface area (Å²) in [4.78, 5) is 26.8. The second kappa shape index (κ2) is 7.15. The van der Waals surface area contributed by atoms with E-state index in [1.54, 1.807) is 59.8 Å². The van der Waals surface area contributed by atoms with Gasteiger partial charge in [0.05, 0.1) is 6.10 Å². The summed E-state index contributed by atoms with van der Waals surface area (Å²) < 4.78 is 16.3. The lowest BCUT2D eigenvalue weighted by molar-refractivity contribution is -0.165. The molecule has 1 aromatic heterocycles. The largest absolute Gasteiger partial charge is 0.463 e. The van der Waals surface area contributed by atoms with Crippen LogP contribution in [0.25, 0.3) is 0 Å². The number of ether oxygens (including phenoxy) is 2. The van der Waals surface area contributed by atoms with Crippen LogP contribution in [0.3, 0.4) is 0 Å². The zero-order chi connectivity index (χ0) is 19.7. The summed E-state index contributed by atoms with van der Waals surface area (Å²) >= 11 is 0. The van der Waals surface area contributed by atoms with E-state index in [4.69, 9.17) is 13.9 Å². The highest BCUT2D eigenvalue weighted by atomic mass is 16.6. The number of aliphatic hydroxyl groups excluding tert-OH is 1. The van der Waals surface area contributed by atoms with Gasteiger partial charge in [0.15, 0.2) is 5.54 Å². The maximum absolute atomic E-state index is 13.0. The van der Waals surface area contributed by atoms with E-state index < -0.39 is 35.4 Å². The Bertz CT molecular complexity index is 699. The number of rotatable bonds is 4. The number of hydrogen-bond donors (Lipinski definition) is 1. The molecular weight excluding hydrogens is 338 g/mol. The lowest BCUT2D eigenvalue weighted by atomic mass is 9.90. The van der Waals surface area contributed by atoms with Gasteiger partial charge in [-0.1, -0.05) is 6.08 Å². The summed E-state index contributed by atoms with van der Waals surface area (Å²) in [5.74, 6) is 0.00852. The molecule has 0 saturated carbocycles. The molecule has 0 spiro atoms. The van der Waals surface area contributed by atoms with E-state index in [1.807, 2.05) is 0 Å². The van der Waals surface area contributed by atoms with Gasteiger partial charge in [-0.3, -0.25) is 4.90 Å². The van der Waals surface area contributed by atoms with Crippen LogP contribution in [0.1, 0.15) is 52.2 Å². The minimum Gasteiger partial charge on any atom is -0.463 e. The van der Waals surface area contributed by atoms with Crippen molar-refractivity contribution in [2.24, 2.45) is 0 Å². The van der Waals surface area contributed by atoms with Crippen molar-refractivity contribution >= 4 is 12.1 Å². The van der Waals surface area contributed by atoms with Crippen molar-refractivity contribution in [3.63, 3.8) is 0 Å². The predicted molar refractivity (Wildman–Crippen MR) is 94.4 cm³/mol. The number of carbonyl (C=O) groups is 2. The number of furan rings is 1. The summed E-state index contributed by atoms with van der Waals surface area (Å²) in [5, 5.41) is 11.0. The SMILES string of the molecule is Cc1ccc([C@H](O)C2(C(=O)OC(C)C)C=CCN2C(=O)OC(C)(C)C)o1. The first-order valence-corrected chi connectivity index (χ1v) is 8.61. The van der Waals surface area contributed by atoms with Gasteiger partial charge in [0.1, 0.15) is 23.2 Å². The van der Waals surface area contributed by atoms with Crippen molar-refractivity contribution in [1.82, 2.24) is 4.90 Å². The van der Waals surface area contributed by atoms with Crippen molar-refractivity contribution in [2.75, 3.05) is 6.54 Å². The summed E-state index contributed by atoms with van der Waals surface area (Å²) in [6.45, 7) is 10.4. The lowest BCUT2D eigenvalue weighted by Gasteiger charge is -2.39. The number of aliphatic hydroxyl groups is 1. The molecule has 2 heterocycles. The Hall–Kier alpha value is -2.28. The molecule has 1 unspecified atom stereocenters. The summed E-state index contributed by atoms with van der Waals surface area (Å²) in [7, 11) is 0. The number of amides is 1. The Morgan fingerprint density at radius 2 is 1.96 bits per heavy atom. The van der Waals surface area contributed by atoms with E-state index in [0.717, 1.165) is 0 Å². The molecule has 0 saturated heterocycles. The van der Waals surface area contributed by atoms with E-state index in [2.05, 4.69) is 0 Å². The minimum atomic E-state index is -1.75. The molecular formula is C19H27NO6. The van der Waals surface area contributed by atoms with Crippen LogP contribution >= 0.6 is 0 Å². The maximum atomic E-state index is 13.0. The third kappa shape index (κ3) is 3.93. The molecule has 1 N–H and O–H groups in total. The molecule has 144 valence electrons. The van der Waals surface area contributed by atoms with Crippen LogP contribution in [0.2, 0.25) is 0 Å². The normalized spacial score (nSPS) is 21.2. The Morgan fingerprint density at radius 1 is 1.31 bits per heavy atom. The van der Waals surface area contributed by atoms with Gasteiger partial charge in [-0.05, 0) is 59.8 Å². The maximum Gasteiger partial charge on any atom is 0.411 e. The van der Waals surface area contributed by atoms with E-state index >= 15 is 0 Å². The van der Waals surface area contributed by atoms with Gasteiger partial charge < -0.3 is 19.0 Å². The van der Waals surface area contributed by atoms with Crippen LogP contribution in [0.15, 0.2) is 28.7 Å². The molecule has 26 heavy (non-hydrogen) atoms. The highest BCUT2D eigenvalue weighted by Crippen LogP contribution is 2.39. The van der Waals surface area contributed by atoms with Gasteiger partial charge in [-0.15, -0.1) is 0 Å². The summed E-state index contributed by atoms with van der Waals surface area (Å²) in [6, 6.07) is 3.25. The number of carbonyl (C=O) groups excluding carboxylic acids is 2. The molecule has 2 atom stereocenters. The van der Waals surface area contributed by atoms with E-state index in [-0.39, 0.29) is 12.3 Å². The monoisotopic (exact) mass is 365 g/mol. The second-order valence-corrected chi connectivity index (χ2v) is 7.62. The molecule has 1 aliphatic heterocycles. The topological polar surface area (TPSA) is 89.2 Å². The fraction of sp³-hybridized carbons (Fsp3) is 0.579. The van der Waals surface area contributed by atoms with E-state index in [9.17, 15) is 14.7 Å². The average Bonchev–Trinajstić information content (AvgIpc) is 3.10. The molecule has 0 aromatic carbocycles. The summed E-state index contributed by atoms with van der Waals surface area (Å²) in [5.41, 5.74) is -2.50. The quantitative estimate of drug-likeness (QED) is 0.651. The fourth-order valence-corrected chi connectivity index (χ4v) is 2.78. The minimum absolute atomic E-state index is 0.110. The van der Waals surface area contributed by atoms with Crippen LogP contribution < -0.4 is 0 Å². The molecule has 0 bridgehead atoms. The lowest BCUT2D eigenvalue weighted by Crippen LogP contribution is -2.58. The zero-order valence-electron chi connectivity index (χ0n) is 16.1. The third-order valence-electron chi connectivity index (χ3n) is 3.84. The molecule has 0 fully saturated rings. The molecule has 1 aliphatic rings. The van der Waals surface area contributed by atoms with Gasteiger partial charge in [0.25, 0.3) is 0 Å². The highest BCUT2D eigenvalue weighted by molar-refractivity contribution is 5.90. The van der Waals surface area contributed by atoms with Crippen LogP contribution in [0.5, 0.6) is 0 Å². The number of aryl methyl sites for hydroxylation is 1. The number of hydrogen-bond acceptors (Lipinski definition) is 6. The van der Waals surface area contributed by atoms with E-state index in [0.29, 0.717) is 5.76 Å². The van der Waals surface area contributed by atoms with Crippen LogP contribution in [-0.2, 0) is 14.3 Å². The molecule has 1 aromatic rings. The smallest absolute Gasteiger partial charge is 0.411 e. The Morgan fingerprint density at radius 3 is 2.46 bits per heavy atom. The molecule has 7 nitrogen and oxygen atoms in total. The van der Waals surface area contributed by atoms with Gasteiger partial charge in [0.2, 0.25) is 0 Å². The molecule has 1 amide bonds. The first kappa shape index (κ1) is 20.0. The Balaban J connectivity index is 2.47. The van der Waals surface area contributed by atoms with Crippen molar-refractivity contribution in [3.05, 3.63) is 35.8 Å². The Kier molecular flexibility index (Phi) is 5.51. The second-order valence-electron chi connectivity index (χ2n) is 7.62. The molecule has 7 heteroatoms. The van der Waals surface area contributed by atoms with Crippen molar-refractivity contribution < 1.29 is 28.6 Å². The average molecular weight is 365 g/mol. The molecule has 0 radical (unpaired) electrons. The first-order valence-electron chi connectivity index (χ1n) is 8.61. The van der Waals surface area contributed by atoms with E-state index in [1.165, 1.54) is 11.0 Å². The number of nitrogens with zero attached hydrogens (tertiary/aromatic N) is 1. The molecule has 2 rings (SSSR count). The standard InChI is InChI=1S/C19H27NO6/c1-12(2)24-16(22)19(15(21)14-9-8-13(3)25-14)10-7-11-20(19)17(23)26-18(4,5)6/h7-10,12,15,21H,11H2,1-6H3/t15-,19?/m0/s1. The van der Waals surface area contributed by atoms with Gasteiger partial charge in [-0.2, -0.15) is 0 Å². The van der Waals surface area contributed by atoms with Crippen LogP contribution in [0.4, 0.5) is 4.79 Å². The van der Waals surface area contributed by atoms with Gasteiger partial charge in [-0.25, -0.2) is 9.59 Å². The van der Waals surface area contributed by atoms with Gasteiger partial charge in [0, 0.05) is 6.54 Å². The molecule has 0 aliphatic carbocycles. The predicted octanol–water partition coefficient (Wildman–Crippen LogP) is 3.12. The highest BCUT2D eigenvalue weighted by Gasteiger charge is 2.56. The van der Waals surface area contributed by atoms with Gasteiger partial charge >= 0.3 is 12.1 Å². The summed E-state index contributed by atoms with van der Waals surface area (Å²) in [6.07, 6.45) is 0.535. The fourth-order valence-electron chi connectivity index (χ4n) is 2.78. The van der Waals surface area contributed by atoms with Crippen molar-refractivity contribution in [3.8, 4) is 0 Å². The Labute approximate surface area is 153 Å². The zero-order valence-corrected chi connectivity index (χ0v) is 16.1. The van der Waals surface area contributed by atoms with Crippen LogP contribution in [0, 0.1) is 6.92 Å². The number of esters is 1. The van der Waals surface area contributed by atoms with Crippen LogP contribution in [-0.4, -0.2) is 45.9 Å².